The fraction of sp³-hybridized carbons (Fsp3) is 1.00. The molecule has 2 rings (SSSR count). The van der Waals surface area contributed by atoms with Crippen LogP contribution in [-0.2, 0) is 0 Å². The smallest absolute Gasteiger partial charge is 0.0335 e. The van der Waals surface area contributed by atoms with E-state index in [4.69, 9.17) is 0 Å². The standard InChI is InChI=1S/C13H26N2S/c1-4-16-8-7-15-9-11(2)14-10-13(15,3)12-5-6-12/h11-12,14H,4-10H2,1-3H3. The van der Waals surface area contributed by atoms with Gasteiger partial charge in [-0.1, -0.05) is 6.92 Å². The Balaban J connectivity index is 1.92. The molecule has 1 aliphatic heterocycles. The summed E-state index contributed by atoms with van der Waals surface area (Å²) in [6.07, 6.45) is 2.90. The van der Waals surface area contributed by atoms with Crippen LogP contribution in [-0.4, -0.2) is 47.6 Å². The van der Waals surface area contributed by atoms with Crippen LogP contribution in [0.5, 0.6) is 0 Å². The summed E-state index contributed by atoms with van der Waals surface area (Å²) >= 11 is 2.07. The van der Waals surface area contributed by atoms with E-state index in [1.54, 1.807) is 0 Å². The molecule has 94 valence electrons. The summed E-state index contributed by atoms with van der Waals surface area (Å²) in [5, 5.41) is 3.67. The van der Waals surface area contributed by atoms with Crippen LogP contribution in [0.15, 0.2) is 0 Å². The van der Waals surface area contributed by atoms with Crippen LogP contribution >= 0.6 is 11.8 Å². The minimum absolute atomic E-state index is 0.445. The number of thioether (sulfide) groups is 1. The summed E-state index contributed by atoms with van der Waals surface area (Å²) in [7, 11) is 0. The molecular formula is C13H26N2S. The average Bonchev–Trinajstić information content (AvgIpc) is 3.07. The number of rotatable bonds is 5. The third-order valence-electron chi connectivity index (χ3n) is 4.19. The maximum atomic E-state index is 3.67. The molecule has 1 aliphatic carbocycles. The van der Waals surface area contributed by atoms with Gasteiger partial charge in [0, 0.05) is 37.0 Å². The summed E-state index contributed by atoms with van der Waals surface area (Å²) < 4.78 is 0. The predicted octanol–water partition coefficient (Wildman–Crippen LogP) is 2.20. The van der Waals surface area contributed by atoms with Crippen molar-refractivity contribution in [1.82, 2.24) is 10.2 Å². The van der Waals surface area contributed by atoms with Gasteiger partial charge in [0.15, 0.2) is 0 Å². The van der Waals surface area contributed by atoms with Crippen molar-refractivity contribution in [1.29, 1.82) is 0 Å². The lowest BCUT2D eigenvalue weighted by Gasteiger charge is -2.48. The van der Waals surface area contributed by atoms with Gasteiger partial charge in [0.2, 0.25) is 0 Å². The van der Waals surface area contributed by atoms with Gasteiger partial charge >= 0.3 is 0 Å². The Bertz CT molecular complexity index is 230. The van der Waals surface area contributed by atoms with Crippen molar-refractivity contribution in [2.45, 2.75) is 45.2 Å². The molecule has 1 saturated heterocycles. The lowest BCUT2D eigenvalue weighted by molar-refractivity contribution is 0.0446. The Morgan fingerprint density at radius 3 is 2.81 bits per heavy atom. The number of hydrogen-bond acceptors (Lipinski definition) is 3. The Morgan fingerprint density at radius 1 is 1.44 bits per heavy atom. The first-order valence-corrected chi connectivity index (χ1v) is 7.88. The topological polar surface area (TPSA) is 15.3 Å². The van der Waals surface area contributed by atoms with Gasteiger partial charge in [0.25, 0.3) is 0 Å². The number of nitrogens with zero attached hydrogens (tertiary/aromatic N) is 1. The van der Waals surface area contributed by atoms with Crippen LogP contribution in [0.3, 0.4) is 0 Å². The molecule has 0 spiro atoms. The van der Waals surface area contributed by atoms with E-state index in [9.17, 15) is 0 Å². The molecule has 2 unspecified atom stereocenters. The molecular weight excluding hydrogens is 216 g/mol. The molecule has 0 bridgehead atoms. The van der Waals surface area contributed by atoms with E-state index in [1.165, 1.54) is 44.0 Å². The van der Waals surface area contributed by atoms with Crippen molar-refractivity contribution >= 4 is 11.8 Å². The Kier molecular flexibility index (Phi) is 4.20. The van der Waals surface area contributed by atoms with E-state index in [2.05, 4.69) is 42.7 Å². The first kappa shape index (κ1) is 12.7. The molecule has 0 amide bonds. The van der Waals surface area contributed by atoms with E-state index in [-0.39, 0.29) is 0 Å². The molecule has 2 aliphatic rings. The number of piperazine rings is 1. The largest absolute Gasteiger partial charge is 0.311 e. The van der Waals surface area contributed by atoms with E-state index in [1.807, 2.05) is 0 Å². The first-order valence-electron chi connectivity index (χ1n) is 6.73. The van der Waals surface area contributed by atoms with Gasteiger partial charge in [-0.3, -0.25) is 4.90 Å². The van der Waals surface area contributed by atoms with Crippen molar-refractivity contribution in [2.24, 2.45) is 5.92 Å². The predicted molar refractivity (Wildman–Crippen MR) is 73.2 cm³/mol. The zero-order valence-electron chi connectivity index (χ0n) is 11.0. The Hall–Kier alpha value is 0.270. The normalized spacial score (nSPS) is 36.6. The minimum atomic E-state index is 0.445. The van der Waals surface area contributed by atoms with Gasteiger partial charge < -0.3 is 5.32 Å². The zero-order valence-corrected chi connectivity index (χ0v) is 11.8. The fourth-order valence-corrected chi connectivity index (χ4v) is 3.51. The van der Waals surface area contributed by atoms with Gasteiger partial charge in [-0.25, -0.2) is 0 Å². The molecule has 0 aromatic carbocycles. The molecule has 1 N–H and O–H groups in total. The van der Waals surface area contributed by atoms with Crippen LogP contribution < -0.4 is 5.32 Å². The molecule has 3 heteroatoms. The third-order valence-corrected chi connectivity index (χ3v) is 5.07. The van der Waals surface area contributed by atoms with Crippen molar-refractivity contribution in [3.05, 3.63) is 0 Å². The van der Waals surface area contributed by atoms with Crippen LogP contribution in [0.4, 0.5) is 0 Å². The van der Waals surface area contributed by atoms with Crippen molar-refractivity contribution in [3.63, 3.8) is 0 Å². The SMILES string of the molecule is CCSCCN1CC(C)NCC1(C)C1CC1. The lowest BCUT2D eigenvalue weighted by Crippen LogP contribution is -2.64. The van der Waals surface area contributed by atoms with E-state index in [0.717, 1.165) is 5.92 Å². The zero-order chi connectivity index (χ0) is 11.6. The van der Waals surface area contributed by atoms with Crippen LogP contribution in [0.25, 0.3) is 0 Å². The summed E-state index contributed by atoms with van der Waals surface area (Å²) in [4.78, 5) is 2.76. The Morgan fingerprint density at radius 2 is 2.19 bits per heavy atom. The van der Waals surface area contributed by atoms with Gasteiger partial charge in [0.1, 0.15) is 0 Å². The van der Waals surface area contributed by atoms with Crippen LogP contribution in [0.1, 0.15) is 33.6 Å². The molecule has 0 aromatic heterocycles. The van der Waals surface area contributed by atoms with E-state index in [0.29, 0.717) is 11.6 Å². The number of nitrogens with one attached hydrogen (secondary N) is 1. The number of hydrogen-bond donors (Lipinski definition) is 1. The highest BCUT2D eigenvalue weighted by Crippen LogP contribution is 2.43. The second-order valence-electron chi connectivity index (χ2n) is 5.56. The monoisotopic (exact) mass is 242 g/mol. The molecule has 2 fully saturated rings. The van der Waals surface area contributed by atoms with Crippen molar-refractivity contribution < 1.29 is 0 Å². The summed E-state index contributed by atoms with van der Waals surface area (Å²) in [5.41, 5.74) is 0.445. The van der Waals surface area contributed by atoms with Crippen LogP contribution in [0, 0.1) is 5.92 Å². The third kappa shape index (κ3) is 2.74. The summed E-state index contributed by atoms with van der Waals surface area (Å²) in [5.74, 6) is 3.51. The minimum Gasteiger partial charge on any atom is -0.311 e. The van der Waals surface area contributed by atoms with E-state index < -0.39 is 0 Å². The summed E-state index contributed by atoms with van der Waals surface area (Å²) in [6.45, 7) is 10.7. The molecule has 2 nitrogen and oxygen atoms in total. The molecule has 0 radical (unpaired) electrons. The second-order valence-corrected chi connectivity index (χ2v) is 6.95. The van der Waals surface area contributed by atoms with Gasteiger partial charge in [-0.15, -0.1) is 0 Å². The quantitative estimate of drug-likeness (QED) is 0.744. The fourth-order valence-electron chi connectivity index (χ4n) is 2.87. The lowest BCUT2D eigenvalue weighted by atomic mass is 9.90. The first-order chi connectivity index (χ1) is 7.66. The molecule has 16 heavy (non-hydrogen) atoms. The Labute approximate surface area is 105 Å². The van der Waals surface area contributed by atoms with Gasteiger partial charge in [-0.2, -0.15) is 11.8 Å². The van der Waals surface area contributed by atoms with Crippen LogP contribution in [0.2, 0.25) is 0 Å². The maximum Gasteiger partial charge on any atom is 0.0335 e. The molecule has 2 atom stereocenters. The van der Waals surface area contributed by atoms with Gasteiger partial charge in [-0.05, 0) is 38.4 Å². The highest BCUT2D eigenvalue weighted by molar-refractivity contribution is 7.99. The highest BCUT2D eigenvalue weighted by Gasteiger charge is 2.47. The molecule has 1 saturated carbocycles. The van der Waals surface area contributed by atoms with Crippen molar-refractivity contribution in [2.75, 3.05) is 31.1 Å². The second kappa shape index (κ2) is 5.28. The van der Waals surface area contributed by atoms with E-state index >= 15 is 0 Å². The van der Waals surface area contributed by atoms with Gasteiger partial charge in [0.05, 0.1) is 0 Å². The molecule has 1 heterocycles. The maximum absolute atomic E-state index is 3.67. The average molecular weight is 242 g/mol. The van der Waals surface area contributed by atoms with Crippen molar-refractivity contribution in [3.8, 4) is 0 Å². The summed E-state index contributed by atoms with van der Waals surface area (Å²) in [6, 6.07) is 0.665. The molecule has 0 aromatic rings. The highest BCUT2D eigenvalue weighted by atomic mass is 32.2.